The van der Waals surface area contributed by atoms with E-state index in [0.717, 1.165) is 16.7 Å². The summed E-state index contributed by atoms with van der Waals surface area (Å²) >= 11 is 0. The molecular weight excluding hydrogens is 356 g/mol. The minimum absolute atomic E-state index is 0.158. The van der Waals surface area contributed by atoms with Crippen LogP contribution in [0.25, 0.3) is 6.08 Å². The third-order valence-electron chi connectivity index (χ3n) is 4.20. The quantitative estimate of drug-likeness (QED) is 0.571. The number of esters is 1. The summed E-state index contributed by atoms with van der Waals surface area (Å²) in [6.07, 6.45) is 1.75. The maximum Gasteiger partial charge on any atom is 0.344 e. The average molecular weight is 380 g/mol. The van der Waals surface area contributed by atoms with Gasteiger partial charge in [-0.2, -0.15) is 0 Å². The van der Waals surface area contributed by atoms with Gasteiger partial charge < -0.3 is 14.2 Å². The molecule has 1 aliphatic heterocycles. The van der Waals surface area contributed by atoms with Gasteiger partial charge in [-0.25, -0.2) is 4.79 Å². The molecule has 0 unspecified atom stereocenters. The van der Waals surface area contributed by atoms with Crippen molar-refractivity contribution in [2.75, 3.05) is 6.61 Å². The lowest BCUT2D eigenvalue weighted by molar-refractivity contribution is -0.157. The third kappa shape index (κ3) is 4.42. The number of hydrogen-bond donors (Lipinski definition) is 0. The van der Waals surface area contributed by atoms with Gasteiger partial charge in [-0.05, 0) is 63.5 Å². The van der Waals surface area contributed by atoms with Crippen molar-refractivity contribution in [3.8, 4) is 11.5 Å². The van der Waals surface area contributed by atoms with Crippen LogP contribution in [0.3, 0.4) is 0 Å². The number of benzene rings is 2. The summed E-state index contributed by atoms with van der Waals surface area (Å²) in [7, 11) is 0. The second kappa shape index (κ2) is 7.50. The minimum atomic E-state index is -0.570. The zero-order chi connectivity index (χ0) is 20.5. The Labute approximate surface area is 164 Å². The van der Waals surface area contributed by atoms with E-state index in [-0.39, 0.29) is 18.1 Å². The van der Waals surface area contributed by atoms with E-state index < -0.39 is 11.6 Å². The van der Waals surface area contributed by atoms with Crippen molar-refractivity contribution in [1.29, 1.82) is 0 Å². The number of aryl methyl sites for hydroxylation is 2. The van der Waals surface area contributed by atoms with Crippen LogP contribution >= 0.6 is 0 Å². The Bertz CT molecular complexity index is 963. The number of ether oxygens (including phenoxy) is 3. The van der Waals surface area contributed by atoms with Gasteiger partial charge in [0, 0.05) is 6.07 Å². The predicted molar refractivity (Wildman–Crippen MR) is 107 cm³/mol. The molecule has 146 valence electrons. The summed E-state index contributed by atoms with van der Waals surface area (Å²) in [4.78, 5) is 24.6. The molecule has 0 saturated heterocycles. The Morgan fingerprint density at radius 2 is 1.82 bits per heavy atom. The average Bonchev–Trinajstić information content (AvgIpc) is 2.90. The van der Waals surface area contributed by atoms with Crippen LogP contribution in [-0.4, -0.2) is 24.0 Å². The fourth-order valence-corrected chi connectivity index (χ4v) is 2.96. The molecule has 0 aromatic heterocycles. The molecule has 28 heavy (non-hydrogen) atoms. The summed E-state index contributed by atoms with van der Waals surface area (Å²) in [6.45, 7) is 8.98. The molecule has 0 atom stereocenters. The number of Topliss-reactive ketones (excluding diaryl/α,β-unsaturated/α-hetero) is 1. The molecule has 0 radical (unpaired) electrons. The smallest absolute Gasteiger partial charge is 0.344 e. The molecule has 0 bridgehead atoms. The van der Waals surface area contributed by atoms with Crippen molar-refractivity contribution in [2.24, 2.45) is 0 Å². The van der Waals surface area contributed by atoms with Gasteiger partial charge >= 0.3 is 5.97 Å². The van der Waals surface area contributed by atoms with Crippen LogP contribution in [0.1, 0.15) is 47.8 Å². The van der Waals surface area contributed by atoms with Gasteiger partial charge in [0.2, 0.25) is 5.78 Å². The topological polar surface area (TPSA) is 61.8 Å². The van der Waals surface area contributed by atoms with Crippen LogP contribution < -0.4 is 9.47 Å². The summed E-state index contributed by atoms with van der Waals surface area (Å²) < 4.78 is 16.6. The lowest BCUT2D eigenvalue weighted by Gasteiger charge is -2.19. The number of fused-ring (bicyclic) bond motifs is 1. The van der Waals surface area contributed by atoms with Crippen LogP contribution in [0, 0.1) is 13.8 Å². The van der Waals surface area contributed by atoms with Gasteiger partial charge in [-0.3, -0.25) is 4.79 Å². The van der Waals surface area contributed by atoms with Gasteiger partial charge in [0.1, 0.15) is 17.1 Å². The summed E-state index contributed by atoms with van der Waals surface area (Å²) in [5.41, 5.74) is 2.66. The molecule has 5 nitrogen and oxygen atoms in total. The van der Waals surface area contributed by atoms with Crippen molar-refractivity contribution in [2.45, 2.75) is 40.2 Å². The Balaban J connectivity index is 1.79. The molecule has 0 N–H and O–H groups in total. The van der Waals surface area contributed by atoms with E-state index in [9.17, 15) is 9.59 Å². The Morgan fingerprint density at radius 3 is 2.50 bits per heavy atom. The fraction of sp³-hybridized carbons (Fsp3) is 0.304. The molecule has 0 amide bonds. The number of ketones is 1. The van der Waals surface area contributed by atoms with Crippen molar-refractivity contribution >= 4 is 17.8 Å². The normalized spacial score (nSPS) is 14.6. The van der Waals surface area contributed by atoms with Gasteiger partial charge in [-0.15, -0.1) is 0 Å². The van der Waals surface area contributed by atoms with Crippen molar-refractivity contribution in [1.82, 2.24) is 0 Å². The molecular formula is C23H24O5. The van der Waals surface area contributed by atoms with Crippen LogP contribution in [-0.2, 0) is 9.53 Å². The number of allylic oxidation sites excluding steroid dienone is 1. The van der Waals surface area contributed by atoms with Gasteiger partial charge in [0.05, 0.1) is 5.56 Å². The van der Waals surface area contributed by atoms with E-state index in [1.54, 1.807) is 39.0 Å². The lowest BCUT2D eigenvalue weighted by atomic mass is 10.0. The monoisotopic (exact) mass is 380 g/mol. The zero-order valence-electron chi connectivity index (χ0n) is 16.8. The molecule has 0 aliphatic carbocycles. The maximum absolute atomic E-state index is 12.8. The van der Waals surface area contributed by atoms with E-state index in [0.29, 0.717) is 17.1 Å². The summed E-state index contributed by atoms with van der Waals surface area (Å²) in [5, 5.41) is 0. The number of carbonyl (C=O) groups is 2. The molecule has 1 heterocycles. The highest BCUT2D eigenvalue weighted by atomic mass is 16.6. The van der Waals surface area contributed by atoms with E-state index in [2.05, 4.69) is 0 Å². The van der Waals surface area contributed by atoms with E-state index in [1.165, 1.54) is 0 Å². The van der Waals surface area contributed by atoms with Crippen molar-refractivity contribution < 1.29 is 23.8 Å². The van der Waals surface area contributed by atoms with Crippen LogP contribution in [0.4, 0.5) is 0 Å². The molecule has 5 heteroatoms. The Morgan fingerprint density at radius 1 is 1.11 bits per heavy atom. The fourth-order valence-electron chi connectivity index (χ4n) is 2.96. The van der Waals surface area contributed by atoms with Crippen molar-refractivity contribution in [3.63, 3.8) is 0 Å². The molecule has 2 aromatic rings. The Kier molecular flexibility index (Phi) is 5.27. The second-order valence-electron chi connectivity index (χ2n) is 7.78. The Hall–Kier alpha value is -3.08. The molecule has 0 saturated carbocycles. The third-order valence-corrected chi connectivity index (χ3v) is 4.20. The highest BCUT2D eigenvalue weighted by Gasteiger charge is 2.30. The number of rotatable bonds is 4. The second-order valence-corrected chi connectivity index (χ2v) is 7.78. The van der Waals surface area contributed by atoms with Crippen LogP contribution in [0.2, 0.25) is 0 Å². The largest absolute Gasteiger partial charge is 0.482 e. The minimum Gasteiger partial charge on any atom is -0.482 e. The molecule has 2 aromatic carbocycles. The SMILES string of the molecule is Cc1ccccc1/C=C1\Oc2cc(OCC(=O)OC(C)(C)C)cc(C)c2C1=O. The molecule has 0 fully saturated rings. The van der Waals surface area contributed by atoms with Crippen LogP contribution in [0.15, 0.2) is 42.2 Å². The lowest BCUT2D eigenvalue weighted by Crippen LogP contribution is -2.27. The highest BCUT2D eigenvalue weighted by molar-refractivity contribution is 6.15. The molecule has 1 aliphatic rings. The summed E-state index contributed by atoms with van der Waals surface area (Å²) in [6, 6.07) is 11.1. The maximum atomic E-state index is 12.8. The first-order valence-electron chi connectivity index (χ1n) is 9.13. The van der Waals surface area contributed by atoms with E-state index >= 15 is 0 Å². The summed E-state index contributed by atoms with van der Waals surface area (Å²) in [5.74, 6) is 0.546. The first-order chi connectivity index (χ1) is 13.1. The molecule has 3 rings (SSSR count). The molecule has 0 spiro atoms. The number of carbonyl (C=O) groups excluding carboxylic acids is 2. The van der Waals surface area contributed by atoms with Crippen molar-refractivity contribution in [3.05, 3.63) is 64.4 Å². The zero-order valence-corrected chi connectivity index (χ0v) is 16.8. The first kappa shape index (κ1) is 19.7. The predicted octanol–water partition coefficient (Wildman–Crippen LogP) is 4.64. The number of hydrogen-bond acceptors (Lipinski definition) is 5. The van der Waals surface area contributed by atoms with E-state index in [4.69, 9.17) is 14.2 Å². The first-order valence-corrected chi connectivity index (χ1v) is 9.13. The standard InChI is InChI=1S/C23H24O5/c1-14-8-6-7-9-16(14)11-19-22(25)21-15(2)10-17(12-18(21)27-19)26-13-20(24)28-23(3,4)5/h6-12H,13H2,1-5H3/b19-11-. The van der Waals surface area contributed by atoms with E-state index in [1.807, 2.05) is 38.1 Å². The van der Waals surface area contributed by atoms with Gasteiger partial charge in [0.15, 0.2) is 12.4 Å². The van der Waals surface area contributed by atoms with Gasteiger partial charge in [-0.1, -0.05) is 24.3 Å². The van der Waals surface area contributed by atoms with Gasteiger partial charge in [0.25, 0.3) is 0 Å². The highest BCUT2D eigenvalue weighted by Crippen LogP contribution is 2.37. The van der Waals surface area contributed by atoms with Crippen LogP contribution in [0.5, 0.6) is 11.5 Å².